The number of likely N-dealkylation sites (N-methyl/N-ethyl adjacent to an activating group) is 2. The Labute approximate surface area is 116 Å². The first kappa shape index (κ1) is 18.9. The summed E-state index contributed by atoms with van der Waals surface area (Å²) in [6, 6.07) is 0. The van der Waals surface area contributed by atoms with E-state index in [1.807, 2.05) is 0 Å². The second kappa shape index (κ2) is 7.82. The monoisotopic (exact) mass is 400 g/mol. The zero-order valence-electron chi connectivity index (χ0n) is 12.1. The molecule has 0 aromatic heterocycles. The molecule has 0 N–H and O–H groups in total. The average molecular weight is 400 g/mol. The van der Waals surface area contributed by atoms with E-state index in [0.717, 1.165) is 19.6 Å². The molecule has 0 rings (SSSR count). The van der Waals surface area contributed by atoms with Gasteiger partial charge in [-0.2, -0.15) is 6.54 Å². The summed E-state index contributed by atoms with van der Waals surface area (Å²) >= 11 is 0. The fourth-order valence-corrected chi connectivity index (χ4v) is 2.11. The molecule has 99 valence electrons. The Kier molecular flexibility index (Phi) is 9.26. The fraction of sp³-hybridized carbons (Fsp3) is 1.00. The smallest absolute Gasteiger partial charge is 0.0154 e. The minimum Gasteiger partial charge on any atom is -0.661 e. The summed E-state index contributed by atoms with van der Waals surface area (Å²) in [5.41, 5.74) is 0.654. The van der Waals surface area contributed by atoms with Crippen LogP contribution in [-0.4, -0.2) is 37.1 Å². The molecule has 0 bridgehead atoms. The predicted octanol–water partition coefficient (Wildman–Crippen LogP) is 3.52. The third-order valence-electron chi connectivity index (χ3n) is 2.81. The zero-order chi connectivity index (χ0) is 12.1. The van der Waals surface area contributed by atoms with Crippen molar-refractivity contribution >= 4 is 0 Å². The van der Waals surface area contributed by atoms with Gasteiger partial charge in [-0.1, -0.05) is 27.7 Å². The molecule has 0 aliphatic heterocycles. The van der Waals surface area contributed by atoms with Gasteiger partial charge >= 0.3 is 0 Å². The van der Waals surface area contributed by atoms with Gasteiger partial charge in [0.15, 0.2) is 0 Å². The van der Waals surface area contributed by atoms with Gasteiger partial charge in [-0.15, -0.1) is 6.54 Å². The summed E-state index contributed by atoms with van der Waals surface area (Å²) in [6.07, 6.45) is 1.21. The van der Waals surface area contributed by atoms with Crippen molar-refractivity contribution in [2.45, 2.75) is 53.5 Å². The van der Waals surface area contributed by atoms with Gasteiger partial charge in [0.05, 0.1) is 0 Å². The maximum atomic E-state index is 4.38. The minimum absolute atomic E-state index is 0. The van der Waals surface area contributed by atoms with Crippen LogP contribution in [0.2, 0.25) is 0 Å². The van der Waals surface area contributed by atoms with Gasteiger partial charge in [-0.05, 0) is 39.3 Å². The van der Waals surface area contributed by atoms with E-state index in [1.54, 1.807) is 0 Å². The first-order valence-electron chi connectivity index (χ1n) is 6.03. The van der Waals surface area contributed by atoms with Gasteiger partial charge in [0, 0.05) is 26.0 Å². The van der Waals surface area contributed by atoms with Crippen molar-refractivity contribution in [3.63, 3.8) is 0 Å². The van der Waals surface area contributed by atoms with Crippen LogP contribution >= 0.6 is 0 Å². The Morgan fingerprint density at radius 3 is 1.94 bits per heavy atom. The van der Waals surface area contributed by atoms with Gasteiger partial charge < -0.3 is 10.2 Å². The summed E-state index contributed by atoms with van der Waals surface area (Å²) in [7, 11) is 2.21. The van der Waals surface area contributed by atoms with E-state index in [4.69, 9.17) is 0 Å². The van der Waals surface area contributed by atoms with Crippen LogP contribution in [0.5, 0.6) is 0 Å². The van der Waals surface area contributed by atoms with E-state index < -0.39 is 0 Å². The molecule has 0 aliphatic rings. The van der Waals surface area contributed by atoms with E-state index in [1.165, 1.54) is 6.42 Å². The molecule has 0 aromatic rings. The molecule has 16 heavy (non-hydrogen) atoms. The topological polar surface area (TPSA) is 17.3 Å². The molecule has 0 heterocycles. The van der Waals surface area contributed by atoms with Crippen molar-refractivity contribution in [2.75, 3.05) is 26.7 Å². The standard InChI is InChI=1S/C13H29N2.Re/c1-8-14-9-10-15(7)13(5,6)11-12(2,3)4;/h8-11H2,1-7H3;/q-1;. The van der Waals surface area contributed by atoms with Crippen molar-refractivity contribution in [1.29, 1.82) is 0 Å². The first-order valence-corrected chi connectivity index (χ1v) is 6.03. The average Bonchev–Trinajstić information content (AvgIpc) is 2.00. The minimum atomic E-state index is 0. The van der Waals surface area contributed by atoms with E-state index in [0.29, 0.717) is 5.41 Å². The van der Waals surface area contributed by atoms with E-state index in [2.05, 4.69) is 58.8 Å². The van der Waals surface area contributed by atoms with Gasteiger partial charge in [0.1, 0.15) is 0 Å². The van der Waals surface area contributed by atoms with Crippen molar-refractivity contribution < 1.29 is 20.4 Å². The molecule has 0 amide bonds. The summed E-state index contributed by atoms with van der Waals surface area (Å²) < 4.78 is 0. The number of nitrogens with zero attached hydrogens (tertiary/aromatic N) is 2. The quantitative estimate of drug-likeness (QED) is 0.625. The van der Waals surface area contributed by atoms with Crippen molar-refractivity contribution in [3.05, 3.63) is 5.32 Å². The predicted molar refractivity (Wildman–Crippen MR) is 69.5 cm³/mol. The van der Waals surface area contributed by atoms with Gasteiger partial charge in [-0.3, -0.25) is 0 Å². The van der Waals surface area contributed by atoms with Crippen LogP contribution in [0, 0.1) is 5.41 Å². The maximum absolute atomic E-state index is 4.38. The normalized spacial score (nSPS) is 12.8. The third-order valence-corrected chi connectivity index (χ3v) is 2.81. The first-order chi connectivity index (χ1) is 6.69. The van der Waals surface area contributed by atoms with E-state index in [-0.39, 0.29) is 26.0 Å². The fourth-order valence-electron chi connectivity index (χ4n) is 2.11. The summed E-state index contributed by atoms with van der Waals surface area (Å²) in [6.45, 7) is 16.6. The molecule has 1 radical (unpaired) electrons. The van der Waals surface area contributed by atoms with Crippen molar-refractivity contribution in [2.24, 2.45) is 5.41 Å². The molecule has 0 saturated carbocycles. The Hall–Kier alpha value is 0.582. The van der Waals surface area contributed by atoms with Crippen molar-refractivity contribution in [1.82, 2.24) is 4.90 Å². The van der Waals surface area contributed by atoms with Crippen LogP contribution in [-0.2, 0) is 20.4 Å². The molecule has 0 aliphatic carbocycles. The molecule has 2 nitrogen and oxygen atoms in total. The summed E-state index contributed by atoms with van der Waals surface area (Å²) in [4.78, 5) is 2.43. The molecule has 0 unspecified atom stereocenters. The molecule has 0 aromatic carbocycles. The molecule has 3 heteroatoms. The van der Waals surface area contributed by atoms with Crippen LogP contribution in [0.3, 0.4) is 0 Å². The summed E-state index contributed by atoms with van der Waals surface area (Å²) in [5.74, 6) is 0. The van der Waals surface area contributed by atoms with E-state index >= 15 is 0 Å². The Morgan fingerprint density at radius 2 is 1.56 bits per heavy atom. The molecular formula is C13H29N2Re-. The zero-order valence-corrected chi connectivity index (χ0v) is 14.8. The van der Waals surface area contributed by atoms with Gasteiger partial charge in [0.25, 0.3) is 0 Å². The van der Waals surface area contributed by atoms with Crippen molar-refractivity contribution in [3.8, 4) is 0 Å². The van der Waals surface area contributed by atoms with Crippen LogP contribution in [0.25, 0.3) is 5.32 Å². The second-order valence-electron chi connectivity index (χ2n) is 6.23. The van der Waals surface area contributed by atoms with Crippen LogP contribution < -0.4 is 0 Å². The second-order valence-corrected chi connectivity index (χ2v) is 6.23. The molecule has 0 saturated heterocycles. The van der Waals surface area contributed by atoms with Gasteiger partial charge in [0.2, 0.25) is 0 Å². The number of hydrogen-bond donors (Lipinski definition) is 0. The molecule has 0 spiro atoms. The van der Waals surface area contributed by atoms with Crippen LogP contribution in [0.15, 0.2) is 0 Å². The molecular weight excluding hydrogens is 370 g/mol. The van der Waals surface area contributed by atoms with Gasteiger partial charge in [-0.25, -0.2) is 0 Å². The molecule has 0 fully saturated rings. The van der Waals surface area contributed by atoms with Crippen LogP contribution in [0.4, 0.5) is 0 Å². The molecule has 0 atom stereocenters. The van der Waals surface area contributed by atoms with E-state index in [9.17, 15) is 0 Å². The Balaban J connectivity index is 0. The Bertz CT molecular complexity index is 173. The SMILES string of the molecule is CC[N-]CCN(C)C(C)(C)CC(C)(C)C.[Re]. The maximum Gasteiger partial charge on any atom is 0.0154 e. The largest absolute Gasteiger partial charge is 0.661 e. The third kappa shape index (κ3) is 8.70. The van der Waals surface area contributed by atoms with Crippen LogP contribution in [0.1, 0.15) is 48.0 Å². The number of rotatable bonds is 6. The summed E-state index contributed by atoms with van der Waals surface area (Å²) in [5, 5.41) is 4.38. The number of hydrogen-bond acceptors (Lipinski definition) is 1. The Morgan fingerprint density at radius 1 is 1.06 bits per heavy atom.